The maximum absolute atomic E-state index is 12.2. The summed E-state index contributed by atoms with van der Waals surface area (Å²) in [6, 6.07) is 0. The van der Waals surface area contributed by atoms with Gasteiger partial charge in [-0.15, -0.1) is 0 Å². The van der Waals surface area contributed by atoms with Gasteiger partial charge in [-0.05, 0) is 19.4 Å². The molecule has 0 aliphatic carbocycles. The molecular formula is C28H58N2O2. The molecule has 32 heavy (non-hydrogen) atoms. The number of hydrogen-bond acceptors (Lipinski definition) is 3. The van der Waals surface area contributed by atoms with Gasteiger partial charge in [-0.25, -0.2) is 0 Å². The largest absolute Gasteiger partial charge is 0.395 e. The lowest BCUT2D eigenvalue weighted by molar-refractivity contribution is -0.122. The number of nitrogens with one attached hydrogen (secondary N) is 1. The number of aliphatic hydroxyl groups is 1. The SMILES string of the molecule is CCCCCCCCCCCCNC(=O)CN(CCO)CCCCCCCCCCCC. The molecule has 192 valence electrons. The highest BCUT2D eigenvalue weighted by Gasteiger charge is 2.09. The second kappa shape index (κ2) is 26.6. The number of rotatable bonds is 26. The molecule has 0 bridgehead atoms. The van der Waals surface area contributed by atoms with Crippen molar-refractivity contribution in [2.75, 3.05) is 32.8 Å². The molecular weight excluding hydrogens is 396 g/mol. The number of nitrogens with zero attached hydrogens (tertiary/aromatic N) is 1. The quantitative estimate of drug-likeness (QED) is 0.135. The Labute approximate surface area is 201 Å². The Morgan fingerprint density at radius 1 is 0.594 bits per heavy atom. The van der Waals surface area contributed by atoms with Crippen LogP contribution in [-0.4, -0.2) is 48.7 Å². The van der Waals surface area contributed by atoms with Gasteiger partial charge in [0, 0.05) is 13.1 Å². The summed E-state index contributed by atoms with van der Waals surface area (Å²) in [5.74, 6) is 0.112. The average molecular weight is 455 g/mol. The van der Waals surface area contributed by atoms with Crippen molar-refractivity contribution in [2.45, 2.75) is 142 Å². The van der Waals surface area contributed by atoms with Gasteiger partial charge < -0.3 is 10.4 Å². The third-order valence-electron chi connectivity index (χ3n) is 6.46. The van der Waals surface area contributed by atoms with Crippen LogP contribution in [0.25, 0.3) is 0 Å². The zero-order chi connectivity index (χ0) is 23.5. The van der Waals surface area contributed by atoms with Crippen LogP contribution in [-0.2, 0) is 4.79 Å². The summed E-state index contributed by atoms with van der Waals surface area (Å²) in [6.07, 6.45) is 26.4. The van der Waals surface area contributed by atoms with Crippen LogP contribution in [0.1, 0.15) is 142 Å². The smallest absolute Gasteiger partial charge is 0.234 e. The van der Waals surface area contributed by atoms with Crippen molar-refractivity contribution in [2.24, 2.45) is 0 Å². The first-order chi connectivity index (χ1) is 15.7. The molecule has 0 aromatic rings. The van der Waals surface area contributed by atoms with Gasteiger partial charge in [0.1, 0.15) is 0 Å². The molecule has 0 aliphatic heterocycles. The second-order valence-corrected chi connectivity index (χ2v) is 9.71. The molecule has 0 radical (unpaired) electrons. The van der Waals surface area contributed by atoms with E-state index in [0.717, 1.165) is 25.9 Å². The van der Waals surface area contributed by atoms with Gasteiger partial charge in [-0.1, -0.05) is 129 Å². The number of aliphatic hydroxyl groups excluding tert-OH is 1. The van der Waals surface area contributed by atoms with Crippen molar-refractivity contribution >= 4 is 5.91 Å². The number of carbonyl (C=O) groups excluding carboxylic acids is 1. The number of hydrogen-bond donors (Lipinski definition) is 2. The fourth-order valence-corrected chi connectivity index (χ4v) is 4.33. The van der Waals surface area contributed by atoms with Gasteiger partial charge in [-0.2, -0.15) is 0 Å². The molecule has 0 aromatic carbocycles. The third-order valence-corrected chi connectivity index (χ3v) is 6.46. The fourth-order valence-electron chi connectivity index (χ4n) is 4.33. The van der Waals surface area contributed by atoms with E-state index in [9.17, 15) is 9.90 Å². The maximum Gasteiger partial charge on any atom is 0.234 e. The minimum Gasteiger partial charge on any atom is -0.395 e. The van der Waals surface area contributed by atoms with E-state index in [2.05, 4.69) is 24.1 Å². The molecule has 0 unspecified atom stereocenters. The van der Waals surface area contributed by atoms with Crippen molar-refractivity contribution in [3.63, 3.8) is 0 Å². The van der Waals surface area contributed by atoms with Gasteiger partial charge in [0.15, 0.2) is 0 Å². The van der Waals surface area contributed by atoms with Crippen LogP contribution in [0.2, 0.25) is 0 Å². The number of amides is 1. The van der Waals surface area contributed by atoms with Crippen molar-refractivity contribution in [1.82, 2.24) is 10.2 Å². The molecule has 4 nitrogen and oxygen atoms in total. The number of unbranched alkanes of at least 4 members (excludes halogenated alkanes) is 18. The summed E-state index contributed by atoms with van der Waals surface area (Å²) in [5, 5.41) is 12.4. The molecule has 0 spiro atoms. The lowest BCUT2D eigenvalue weighted by atomic mass is 10.1. The summed E-state index contributed by atoms with van der Waals surface area (Å²) in [7, 11) is 0. The van der Waals surface area contributed by atoms with Crippen LogP contribution in [0, 0.1) is 0 Å². The van der Waals surface area contributed by atoms with E-state index in [1.165, 1.54) is 116 Å². The van der Waals surface area contributed by atoms with Crippen molar-refractivity contribution in [3.05, 3.63) is 0 Å². The Bertz CT molecular complexity index is 376. The predicted molar refractivity (Wildman–Crippen MR) is 140 cm³/mol. The van der Waals surface area contributed by atoms with E-state index in [-0.39, 0.29) is 12.5 Å². The summed E-state index contributed by atoms with van der Waals surface area (Å²) >= 11 is 0. The molecule has 0 aliphatic rings. The zero-order valence-electron chi connectivity index (χ0n) is 22.0. The molecule has 1 amide bonds. The molecule has 0 aromatic heterocycles. The highest BCUT2D eigenvalue weighted by molar-refractivity contribution is 5.77. The van der Waals surface area contributed by atoms with Crippen LogP contribution >= 0.6 is 0 Å². The fraction of sp³-hybridized carbons (Fsp3) is 0.964. The van der Waals surface area contributed by atoms with Crippen LogP contribution in [0.3, 0.4) is 0 Å². The monoisotopic (exact) mass is 454 g/mol. The maximum atomic E-state index is 12.2. The van der Waals surface area contributed by atoms with Crippen molar-refractivity contribution in [3.8, 4) is 0 Å². The van der Waals surface area contributed by atoms with E-state index >= 15 is 0 Å². The minimum absolute atomic E-state index is 0.112. The predicted octanol–water partition coefficient (Wildman–Crippen LogP) is 7.24. The topological polar surface area (TPSA) is 52.6 Å². The molecule has 0 saturated heterocycles. The highest BCUT2D eigenvalue weighted by atomic mass is 16.3. The Morgan fingerprint density at radius 2 is 1.00 bits per heavy atom. The summed E-state index contributed by atoms with van der Waals surface area (Å²) in [5.41, 5.74) is 0. The van der Waals surface area contributed by atoms with E-state index in [1.807, 2.05) is 0 Å². The Balaban J connectivity index is 3.57. The lowest BCUT2D eigenvalue weighted by Crippen LogP contribution is -2.39. The van der Waals surface area contributed by atoms with Gasteiger partial charge in [0.25, 0.3) is 0 Å². The molecule has 0 heterocycles. The lowest BCUT2D eigenvalue weighted by Gasteiger charge is -2.20. The molecule has 0 saturated carbocycles. The second-order valence-electron chi connectivity index (χ2n) is 9.71. The number of carbonyl (C=O) groups is 1. The average Bonchev–Trinajstić information content (AvgIpc) is 2.78. The molecule has 4 heteroatoms. The third kappa shape index (κ3) is 24.0. The summed E-state index contributed by atoms with van der Waals surface area (Å²) in [4.78, 5) is 14.3. The van der Waals surface area contributed by atoms with Gasteiger partial charge in [0.2, 0.25) is 5.91 Å². The van der Waals surface area contributed by atoms with E-state index in [4.69, 9.17) is 0 Å². The standard InChI is InChI=1S/C28H58N2O2/c1-3-5-7-9-11-13-15-17-19-21-23-29-28(32)27-30(25-26-31)24-22-20-18-16-14-12-10-8-6-4-2/h31H,3-27H2,1-2H3,(H,29,32). The summed E-state index contributed by atoms with van der Waals surface area (Å²) in [6.45, 7) is 7.40. The van der Waals surface area contributed by atoms with E-state index in [1.54, 1.807) is 0 Å². The summed E-state index contributed by atoms with van der Waals surface area (Å²) < 4.78 is 0. The Hall–Kier alpha value is -0.610. The normalized spacial score (nSPS) is 11.4. The highest BCUT2D eigenvalue weighted by Crippen LogP contribution is 2.11. The first kappa shape index (κ1) is 31.4. The van der Waals surface area contributed by atoms with Gasteiger partial charge >= 0.3 is 0 Å². The molecule has 0 rings (SSSR count). The first-order valence-electron chi connectivity index (χ1n) is 14.3. The van der Waals surface area contributed by atoms with Crippen molar-refractivity contribution in [1.29, 1.82) is 0 Å². The molecule has 0 fully saturated rings. The van der Waals surface area contributed by atoms with Crippen LogP contribution in [0.15, 0.2) is 0 Å². The Morgan fingerprint density at radius 3 is 1.44 bits per heavy atom. The Kier molecular flexibility index (Phi) is 26.1. The minimum atomic E-state index is 0.112. The van der Waals surface area contributed by atoms with Crippen LogP contribution < -0.4 is 5.32 Å². The van der Waals surface area contributed by atoms with E-state index in [0.29, 0.717) is 13.1 Å². The molecule has 2 N–H and O–H groups in total. The van der Waals surface area contributed by atoms with Crippen LogP contribution in [0.4, 0.5) is 0 Å². The first-order valence-corrected chi connectivity index (χ1v) is 14.3. The van der Waals surface area contributed by atoms with E-state index < -0.39 is 0 Å². The van der Waals surface area contributed by atoms with Gasteiger partial charge in [0.05, 0.1) is 13.2 Å². The van der Waals surface area contributed by atoms with Crippen LogP contribution in [0.5, 0.6) is 0 Å². The zero-order valence-corrected chi connectivity index (χ0v) is 22.0. The van der Waals surface area contributed by atoms with Crippen molar-refractivity contribution < 1.29 is 9.90 Å². The van der Waals surface area contributed by atoms with Gasteiger partial charge in [-0.3, -0.25) is 9.69 Å². The molecule has 0 atom stereocenters.